The Morgan fingerprint density at radius 1 is 1.35 bits per heavy atom. The third kappa shape index (κ3) is 2.31. The van der Waals surface area contributed by atoms with Gasteiger partial charge in [0.1, 0.15) is 11.3 Å². The van der Waals surface area contributed by atoms with Crippen LogP contribution in [-0.2, 0) is 12.7 Å². The Balaban J connectivity index is 1.92. The molecule has 3 aromatic heterocycles. The zero-order chi connectivity index (χ0) is 14.2. The first kappa shape index (κ1) is 12.5. The van der Waals surface area contributed by atoms with Gasteiger partial charge in [0.25, 0.3) is 0 Å². The van der Waals surface area contributed by atoms with Crippen LogP contribution in [-0.4, -0.2) is 14.6 Å². The summed E-state index contributed by atoms with van der Waals surface area (Å²) in [5.41, 5.74) is -0.696. The van der Waals surface area contributed by atoms with E-state index in [0.29, 0.717) is 18.1 Å². The molecule has 0 aliphatic rings. The molecule has 0 aromatic carbocycles. The third-order valence-electron chi connectivity index (χ3n) is 2.69. The molecule has 0 aliphatic heterocycles. The number of hydrogen-bond acceptors (Lipinski definition) is 4. The molecule has 3 aromatic rings. The molecular weight excluding hydrogens is 273 g/mol. The summed E-state index contributed by atoms with van der Waals surface area (Å²) in [5, 5.41) is 6.40. The van der Waals surface area contributed by atoms with Crippen molar-refractivity contribution in [2.24, 2.45) is 0 Å². The number of alkyl halides is 3. The van der Waals surface area contributed by atoms with Gasteiger partial charge in [-0.25, -0.2) is 9.50 Å². The molecule has 0 saturated carbocycles. The van der Waals surface area contributed by atoms with E-state index >= 15 is 0 Å². The van der Waals surface area contributed by atoms with E-state index in [4.69, 9.17) is 4.42 Å². The molecule has 0 atom stereocenters. The van der Waals surface area contributed by atoms with E-state index in [1.165, 1.54) is 18.7 Å². The van der Waals surface area contributed by atoms with Crippen molar-refractivity contribution in [1.82, 2.24) is 14.6 Å². The second-order valence-corrected chi connectivity index (χ2v) is 4.07. The fourth-order valence-electron chi connectivity index (χ4n) is 1.78. The molecule has 1 N–H and O–H groups in total. The van der Waals surface area contributed by atoms with Crippen LogP contribution in [0.1, 0.15) is 11.5 Å². The zero-order valence-electron chi connectivity index (χ0n) is 10.1. The van der Waals surface area contributed by atoms with Crippen molar-refractivity contribution in [3.8, 4) is 0 Å². The van der Waals surface area contributed by atoms with Gasteiger partial charge in [0, 0.05) is 18.5 Å². The summed E-state index contributed by atoms with van der Waals surface area (Å²) in [7, 11) is 0. The molecule has 3 heterocycles. The van der Waals surface area contributed by atoms with Crippen LogP contribution >= 0.6 is 0 Å². The standard InChI is InChI=1S/C12H9F3N4O/c13-12(14,15)10-6-9-11(16-3-4-19(9)18-10)17-7-8-2-1-5-20-8/h1-6H,7H2,(H,16,17). The Kier molecular flexibility index (Phi) is 2.85. The van der Waals surface area contributed by atoms with Crippen molar-refractivity contribution in [2.45, 2.75) is 12.7 Å². The summed E-state index contributed by atoms with van der Waals surface area (Å²) in [6.07, 6.45) is -0.219. The van der Waals surface area contributed by atoms with Gasteiger partial charge in [0.15, 0.2) is 11.5 Å². The number of furan rings is 1. The maximum atomic E-state index is 12.6. The van der Waals surface area contributed by atoms with Gasteiger partial charge < -0.3 is 9.73 Å². The molecule has 20 heavy (non-hydrogen) atoms. The lowest BCUT2D eigenvalue weighted by atomic mass is 10.3. The maximum absolute atomic E-state index is 12.6. The van der Waals surface area contributed by atoms with Crippen LogP contribution in [0.25, 0.3) is 5.52 Å². The van der Waals surface area contributed by atoms with E-state index in [2.05, 4.69) is 15.4 Å². The van der Waals surface area contributed by atoms with E-state index in [1.54, 1.807) is 12.1 Å². The van der Waals surface area contributed by atoms with Crippen molar-refractivity contribution >= 4 is 11.3 Å². The van der Waals surface area contributed by atoms with Crippen LogP contribution in [0.2, 0.25) is 0 Å². The minimum atomic E-state index is -4.48. The minimum Gasteiger partial charge on any atom is -0.467 e. The molecular formula is C12H9F3N4O. The Hall–Kier alpha value is -2.51. The second-order valence-electron chi connectivity index (χ2n) is 4.07. The lowest BCUT2D eigenvalue weighted by Crippen LogP contribution is -2.05. The van der Waals surface area contributed by atoms with Crippen molar-refractivity contribution in [3.05, 3.63) is 48.3 Å². The predicted molar refractivity (Wildman–Crippen MR) is 64.0 cm³/mol. The largest absolute Gasteiger partial charge is 0.467 e. The van der Waals surface area contributed by atoms with Crippen molar-refractivity contribution < 1.29 is 17.6 Å². The molecule has 3 rings (SSSR count). The summed E-state index contributed by atoms with van der Waals surface area (Å²) in [5.74, 6) is 0.969. The summed E-state index contributed by atoms with van der Waals surface area (Å²) >= 11 is 0. The maximum Gasteiger partial charge on any atom is 0.435 e. The summed E-state index contributed by atoms with van der Waals surface area (Å²) in [6.45, 7) is 0.326. The molecule has 0 saturated heterocycles. The van der Waals surface area contributed by atoms with E-state index in [0.717, 1.165) is 10.6 Å². The fraction of sp³-hybridized carbons (Fsp3) is 0.167. The van der Waals surface area contributed by atoms with Gasteiger partial charge in [0.05, 0.1) is 12.8 Å². The number of hydrogen-bond donors (Lipinski definition) is 1. The highest BCUT2D eigenvalue weighted by Crippen LogP contribution is 2.30. The van der Waals surface area contributed by atoms with Crippen molar-refractivity contribution in [2.75, 3.05) is 5.32 Å². The highest BCUT2D eigenvalue weighted by molar-refractivity contribution is 5.67. The third-order valence-corrected chi connectivity index (χ3v) is 2.69. The lowest BCUT2D eigenvalue weighted by molar-refractivity contribution is -0.141. The van der Waals surface area contributed by atoms with Gasteiger partial charge in [-0.3, -0.25) is 0 Å². The Morgan fingerprint density at radius 2 is 2.20 bits per heavy atom. The number of rotatable bonds is 3. The first-order chi connectivity index (χ1) is 9.54. The number of halogens is 3. The smallest absolute Gasteiger partial charge is 0.435 e. The first-order valence-electron chi connectivity index (χ1n) is 5.72. The van der Waals surface area contributed by atoms with Crippen LogP contribution in [0.4, 0.5) is 19.0 Å². The number of anilines is 1. The van der Waals surface area contributed by atoms with Crippen molar-refractivity contribution in [1.29, 1.82) is 0 Å². The number of nitrogens with zero attached hydrogens (tertiary/aromatic N) is 3. The quantitative estimate of drug-likeness (QED) is 0.802. The lowest BCUT2D eigenvalue weighted by Gasteiger charge is -2.04. The molecule has 0 fully saturated rings. The predicted octanol–water partition coefficient (Wildman–Crippen LogP) is 2.95. The molecule has 0 spiro atoms. The zero-order valence-corrected chi connectivity index (χ0v) is 10.1. The number of aromatic nitrogens is 3. The molecule has 0 radical (unpaired) electrons. The van der Waals surface area contributed by atoms with E-state index in [9.17, 15) is 13.2 Å². The molecule has 8 heteroatoms. The fourth-order valence-corrected chi connectivity index (χ4v) is 1.78. The van der Waals surface area contributed by atoms with Gasteiger partial charge in [-0.05, 0) is 12.1 Å². The average Bonchev–Trinajstić information content (AvgIpc) is 3.04. The Morgan fingerprint density at radius 3 is 2.90 bits per heavy atom. The average molecular weight is 282 g/mol. The van der Waals surface area contributed by atoms with Gasteiger partial charge in [0.2, 0.25) is 0 Å². The number of fused-ring (bicyclic) bond motifs is 1. The van der Waals surface area contributed by atoms with Crippen LogP contribution in [0.3, 0.4) is 0 Å². The topological polar surface area (TPSA) is 55.4 Å². The first-order valence-corrected chi connectivity index (χ1v) is 5.72. The second kappa shape index (κ2) is 4.55. The van der Waals surface area contributed by atoms with Crippen LogP contribution in [0.15, 0.2) is 41.3 Å². The van der Waals surface area contributed by atoms with Gasteiger partial charge in [-0.2, -0.15) is 18.3 Å². The minimum absolute atomic E-state index is 0.256. The molecule has 5 nitrogen and oxygen atoms in total. The summed E-state index contributed by atoms with van der Waals surface area (Å²) in [6, 6.07) is 4.44. The summed E-state index contributed by atoms with van der Waals surface area (Å²) in [4.78, 5) is 4.02. The SMILES string of the molecule is FC(F)(F)c1cc2c(NCc3ccco3)nccn2n1. The summed E-state index contributed by atoms with van der Waals surface area (Å²) < 4.78 is 44.2. The molecule has 104 valence electrons. The highest BCUT2D eigenvalue weighted by atomic mass is 19.4. The van der Waals surface area contributed by atoms with E-state index in [-0.39, 0.29) is 5.52 Å². The van der Waals surface area contributed by atoms with E-state index in [1.807, 2.05) is 0 Å². The van der Waals surface area contributed by atoms with E-state index < -0.39 is 11.9 Å². The molecule has 0 bridgehead atoms. The van der Waals surface area contributed by atoms with Crippen LogP contribution < -0.4 is 5.32 Å². The molecule has 0 aliphatic carbocycles. The van der Waals surface area contributed by atoms with Gasteiger partial charge in [-0.15, -0.1) is 0 Å². The van der Waals surface area contributed by atoms with Crippen molar-refractivity contribution in [3.63, 3.8) is 0 Å². The number of nitrogens with one attached hydrogen (secondary N) is 1. The van der Waals surface area contributed by atoms with Crippen LogP contribution in [0, 0.1) is 0 Å². The van der Waals surface area contributed by atoms with Crippen LogP contribution in [0.5, 0.6) is 0 Å². The highest BCUT2D eigenvalue weighted by Gasteiger charge is 2.34. The van der Waals surface area contributed by atoms with Gasteiger partial charge >= 0.3 is 6.18 Å². The molecule has 0 unspecified atom stereocenters. The Labute approximate surface area is 111 Å². The van der Waals surface area contributed by atoms with Gasteiger partial charge in [-0.1, -0.05) is 0 Å². The monoisotopic (exact) mass is 282 g/mol. The Bertz CT molecular complexity index is 718. The molecule has 0 amide bonds. The normalized spacial score (nSPS) is 11.9.